The van der Waals surface area contributed by atoms with Crippen LogP contribution < -0.4 is 11.1 Å². The van der Waals surface area contributed by atoms with Gasteiger partial charge in [-0.3, -0.25) is 9.59 Å². The lowest BCUT2D eigenvalue weighted by molar-refractivity contribution is -0.142. The maximum Gasteiger partial charge on any atom is 0.322 e. The van der Waals surface area contributed by atoms with Gasteiger partial charge in [0.1, 0.15) is 6.04 Å². The van der Waals surface area contributed by atoms with Crippen LogP contribution in [0.5, 0.6) is 0 Å². The van der Waals surface area contributed by atoms with Crippen LogP contribution in [0.25, 0.3) is 0 Å². The van der Waals surface area contributed by atoms with Gasteiger partial charge in [-0.05, 0) is 25.0 Å². The fourth-order valence-electron chi connectivity index (χ4n) is 1.61. The number of methoxy groups -OCH3 is 1. The molecular formula is C15H20N2O3. The summed E-state index contributed by atoms with van der Waals surface area (Å²) in [7, 11) is 1.30. The number of esters is 1. The Labute approximate surface area is 118 Å². The smallest absolute Gasteiger partial charge is 0.322 e. The number of allylic oxidation sites excluding steroid dienone is 6. The van der Waals surface area contributed by atoms with E-state index in [1.54, 1.807) is 12.2 Å². The van der Waals surface area contributed by atoms with E-state index < -0.39 is 12.0 Å². The lowest BCUT2D eigenvalue weighted by Crippen LogP contribution is -2.33. The Hall–Kier alpha value is -2.14. The third-order valence-corrected chi connectivity index (χ3v) is 2.74. The number of hydrogen-bond acceptors (Lipinski definition) is 4. The molecule has 0 saturated carbocycles. The van der Waals surface area contributed by atoms with Crippen LogP contribution in [0.2, 0.25) is 0 Å². The molecule has 20 heavy (non-hydrogen) atoms. The largest absolute Gasteiger partial charge is 0.468 e. The average molecular weight is 276 g/mol. The van der Waals surface area contributed by atoms with Crippen LogP contribution in [0.4, 0.5) is 0 Å². The van der Waals surface area contributed by atoms with Crippen LogP contribution >= 0.6 is 0 Å². The molecule has 0 aliphatic heterocycles. The molecule has 0 aromatic heterocycles. The van der Waals surface area contributed by atoms with E-state index in [2.05, 4.69) is 10.1 Å². The highest BCUT2D eigenvalue weighted by atomic mass is 16.5. The average Bonchev–Trinajstić information content (AvgIpc) is 2.41. The first-order chi connectivity index (χ1) is 9.65. The molecule has 1 unspecified atom stereocenters. The second-order valence-electron chi connectivity index (χ2n) is 4.28. The molecule has 0 saturated heterocycles. The summed E-state index contributed by atoms with van der Waals surface area (Å²) < 4.78 is 4.53. The van der Waals surface area contributed by atoms with Crippen molar-refractivity contribution in [1.29, 1.82) is 0 Å². The van der Waals surface area contributed by atoms with Crippen molar-refractivity contribution in [3.63, 3.8) is 0 Å². The normalized spacial score (nSPS) is 15.0. The molecule has 1 aliphatic carbocycles. The summed E-state index contributed by atoms with van der Waals surface area (Å²) in [5.41, 5.74) is 6.18. The summed E-state index contributed by atoms with van der Waals surface area (Å²) in [5, 5.41) is 2.79. The van der Waals surface area contributed by atoms with Crippen molar-refractivity contribution in [2.75, 3.05) is 13.7 Å². The predicted octanol–water partition coefficient (Wildman–Crippen LogP) is 0.992. The topological polar surface area (TPSA) is 81.4 Å². The van der Waals surface area contributed by atoms with E-state index in [9.17, 15) is 9.59 Å². The highest BCUT2D eigenvalue weighted by molar-refractivity contribution is 5.96. The Morgan fingerprint density at radius 2 is 1.95 bits per heavy atom. The molecule has 1 aliphatic rings. The Morgan fingerprint density at radius 3 is 2.70 bits per heavy atom. The van der Waals surface area contributed by atoms with Crippen LogP contribution in [0.15, 0.2) is 48.1 Å². The van der Waals surface area contributed by atoms with Gasteiger partial charge in [0.05, 0.1) is 7.11 Å². The molecule has 5 heteroatoms. The molecule has 1 rings (SSSR count). The third kappa shape index (κ3) is 5.67. The van der Waals surface area contributed by atoms with Gasteiger partial charge in [-0.2, -0.15) is 0 Å². The molecule has 0 bridgehead atoms. The van der Waals surface area contributed by atoms with Crippen molar-refractivity contribution in [1.82, 2.24) is 5.32 Å². The van der Waals surface area contributed by atoms with Gasteiger partial charge in [-0.1, -0.05) is 30.4 Å². The monoisotopic (exact) mass is 276 g/mol. The summed E-state index contributed by atoms with van der Waals surface area (Å²) in [6, 6.07) is -0.634. The number of hydrogen-bond donors (Lipinski definition) is 2. The van der Waals surface area contributed by atoms with Crippen LogP contribution in [0, 0.1) is 0 Å². The maximum absolute atomic E-state index is 11.9. The molecule has 0 aromatic carbocycles. The zero-order valence-electron chi connectivity index (χ0n) is 11.5. The number of ether oxygens (including phenoxy) is 1. The fraction of sp³-hybridized carbons (Fsp3) is 0.333. The lowest BCUT2D eigenvalue weighted by Gasteiger charge is -2.09. The van der Waals surface area contributed by atoms with Crippen molar-refractivity contribution < 1.29 is 14.3 Å². The molecule has 5 nitrogen and oxygen atoms in total. The highest BCUT2D eigenvalue weighted by Gasteiger charge is 2.13. The van der Waals surface area contributed by atoms with Gasteiger partial charge in [-0.25, -0.2) is 0 Å². The van der Waals surface area contributed by atoms with E-state index >= 15 is 0 Å². The number of rotatable bonds is 6. The quantitative estimate of drug-likeness (QED) is 0.560. The van der Waals surface area contributed by atoms with Gasteiger partial charge in [0, 0.05) is 12.1 Å². The number of nitrogens with two attached hydrogens (primary N) is 1. The van der Waals surface area contributed by atoms with E-state index in [0.29, 0.717) is 25.0 Å². The van der Waals surface area contributed by atoms with Gasteiger partial charge in [0.25, 0.3) is 5.91 Å². The predicted molar refractivity (Wildman–Crippen MR) is 77.7 cm³/mol. The summed E-state index contributed by atoms with van der Waals surface area (Å²) in [6.45, 7) is 0.467. The molecular weight excluding hydrogens is 256 g/mol. The van der Waals surface area contributed by atoms with Gasteiger partial charge in [0.2, 0.25) is 0 Å². The minimum absolute atomic E-state index is 0.146. The summed E-state index contributed by atoms with van der Waals surface area (Å²) >= 11 is 0. The standard InChI is InChI=1S/C15H20N2O3/c1-20-15(19)13(16)10-7-11-17-14(18)12-8-5-3-2-4-6-9-12/h2-6,8-9,13H,7,10-11,16H2,1H3,(H,17,18). The zero-order chi connectivity index (χ0) is 14.8. The summed E-state index contributed by atoms with van der Waals surface area (Å²) in [4.78, 5) is 23.0. The third-order valence-electron chi connectivity index (χ3n) is 2.74. The second kappa shape index (κ2) is 8.87. The first-order valence-electron chi connectivity index (χ1n) is 6.48. The number of nitrogens with one attached hydrogen (secondary N) is 1. The first-order valence-corrected chi connectivity index (χ1v) is 6.48. The first kappa shape index (κ1) is 15.9. The minimum atomic E-state index is -0.634. The fourth-order valence-corrected chi connectivity index (χ4v) is 1.61. The molecule has 108 valence electrons. The highest BCUT2D eigenvalue weighted by Crippen LogP contribution is 2.02. The maximum atomic E-state index is 11.9. The molecule has 0 spiro atoms. The Morgan fingerprint density at radius 1 is 1.25 bits per heavy atom. The van der Waals surface area contributed by atoms with E-state index in [-0.39, 0.29) is 5.91 Å². The zero-order valence-corrected chi connectivity index (χ0v) is 11.5. The Balaban J connectivity index is 2.31. The SMILES string of the molecule is COC(=O)C(N)CCCNC(=O)C1=CC=CC=CC=C1. The molecule has 0 heterocycles. The van der Waals surface area contributed by atoms with Gasteiger partial charge in [-0.15, -0.1) is 0 Å². The molecule has 1 atom stereocenters. The molecule has 0 aromatic rings. The van der Waals surface area contributed by atoms with Crippen molar-refractivity contribution in [2.45, 2.75) is 18.9 Å². The van der Waals surface area contributed by atoms with Crippen LogP contribution in [0.1, 0.15) is 12.8 Å². The molecule has 0 fully saturated rings. The Kier molecular flexibility index (Phi) is 7.06. The lowest BCUT2D eigenvalue weighted by atomic mass is 10.1. The van der Waals surface area contributed by atoms with Crippen LogP contribution in [0.3, 0.4) is 0 Å². The molecule has 0 radical (unpaired) electrons. The number of carbonyl (C=O) groups excluding carboxylic acids is 2. The summed E-state index contributed by atoms with van der Waals surface area (Å²) in [6.07, 6.45) is 13.8. The summed E-state index contributed by atoms with van der Waals surface area (Å²) in [5.74, 6) is -0.577. The van der Waals surface area contributed by atoms with Crippen LogP contribution in [-0.4, -0.2) is 31.6 Å². The molecule has 3 N–H and O–H groups in total. The Bertz CT molecular complexity index is 462. The van der Waals surface area contributed by atoms with Crippen molar-refractivity contribution in [3.8, 4) is 0 Å². The van der Waals surface area contributed by atoms with E-state index in [1.165, 1.54) is 7.11 Å². The van der Waals surface area contributed by atoms with Gasteiger partial charge >= 0.3 is 5.97 Å². The van der Waals surface area contributed by atoms with E-state index in [0.717, 1.165) is 0 Å². The second-order valence-corrected chi connectivity index (χ2v) is 4.28. The minimum Gasteiger partial charge on any atom is -0.468 e. The van der Waals surface area contributed by atoms with Gasteiger partial charge < -0.3 is 15.8 Å². The molecule has 1 amide bonds. The van der Waals surface area contributed by atoms with Crippen LogP contribution in [-0.2, 0) is 14.3 Å². The number of amides is 1. The van der Waals surface area contributed by atoms with Crippen molar-refractivity contribution >= 4 is 11.9 Å². The van der Waals surface area contributed by atoms with E-state index in [4.69, 9.17) is 5.73 Å². The van der Waals surface area contributed by atoms with Gasteiger partial charge in [0.15, 0.2) is 0 Å². The number of carbonyl (C=O) groups is 2. The van der Waals surface area contributed by atoms with E-state index in [1.807, 2.05) is 30.4 Å². The van der Waals surface area contributed by atoms with Crippen molar-refractivity contribution in [2.24, 2.45) is 5.73 Å². The van der Waals surface area contributed by atoms with Crippen molar-refractivity contribution in [3.05, 3.63) is 48.1 Å².